The van der Waals surface area contributed by atoms with Crippen molar-refractivity contribution in [3.63, 3.8) is 0 Å². The molecule has 0 spiro atoms. The number of nitrogens with two attached hydrogens (primary N) is 1. The van der Waals surface area contributed by atoms with E-state index in [4.69, 9.17) is 23.9 Å². The van der Waals surface area contributed by atoms with Crippen LogP contribution in [0, 0.1) is 12.3 Å². The molecule has 3 N–H and O–H groups in total. The van der Waals surface area contributed by atoms with Crippen molar-refractivity contribution in [3.05, 3.63) is 21.3 Å². The van der Waals surface area contributed by atoms with Crippen LogP contribution in [0.5, 0.6) is 0 Å². The van der Waals surface area contributed by atoms with Gasteiger partial charge >= 0.3 is 0 Å². The largest absolute Gasteiger partial charge is 0.270 e. The highest BCUT2D eigenvalue weighted by atomic mass is 35.5. The zero-order chi connectivity index (χ0) is 8.27. The first-order valence-electron chi connectivity index (χ1n) is 2.94. The van der Waals surface area contributed by atoms with Gasteiger partial charge in [-0.1, -0.05) is 17.5 Å². The van der Waals surface area contributed by atoms with Crippen molar-refractivity contribution in [1.82, 2.24) is 5.43 Å². The maximum absolute atomic E-state index is 5.70. The summed E-state index contributed by atoms with van der Waals surface area (Å²) in [5.74, 6) is 7.69. The maximum atomic E-state index is 5.70. The van der Waals surface area contributed by atoms with Crippen LogP contribution in [0.4, 0.5) is 0 Å². The molecule has 0 bridgehead atoms. The molecular weight excluding hydrogens is 180 g/mol. The summed E-state index contributed by atoms with van der Waals surface area (Å²) in [6.07, 6.45) is 5.19. The van der Waals surface area contributed by atoms with Gasteiger partial charge in [0.05, 0.1) is 4.34 Å². The highest BCUT2D eigenvalue weighted by Crippen LogP contribution is 2.23. The molecule has 58 valence electrons. The molecule has 1 rings (SSSR count). The van der Waals surface area contributed by atoms with Gasteiger partial charge in [0.15, 0.2) is 0 Å². The van der Waals surface area contributed by atoms with Crippen LogP contribution in [0.15, 0.2) is 11.4 Å². The molecule has 0 saturated heterocycles. The van der Waals surface area contributed by atoms with Crippen LogP contribution in [0.2, 0.25) is 4.34 Å². The summed E-state index contributed by atoms with van der Waals surface area (Å²) in [5, 5.41) is 1.88. The third-order valence-electron chi connectivity index (χ3n) is 1.25. The van der Waals surface area contributed by atoms with Gasteiger partial charge in [0.2, 0.25) is 0 Å². The smallest absolute Gasteiger partial charge is 0.107 e. The predicted octanol–water partition coefficient (Wildman–Crippen LogP) is 1.54. The van der Waals surface area contributed by atoms with E-state index in [1.807, 2.05) is 5.38 Å². The fourth-order valence-corrected chi connectivity index (χ4v) is 1.63. The Hall–Kier alpha value is -0.530. The van der Waals surface area contributed by atoms with E-state index in [0.29, 0.717) is 0 Å². The lowest BCUT2D eigenvalue weighted by Gasteiger charge is -2.04. The molecule has 1 unspecified atom stereocenters. The molecule has 0 saturated carbocycles. The number of hydrogen-bond acceptors (Lipinski definition) is 3. The van der Waals surface area contributed by atoms with Crippen LogP contribution in [-0.4, -0.2) is 0 Å². The lowest BCUT2D eigenvalue weighted by molar-refractivity contribution is 0.676. The van der Waals surface area contributed by atoms with Gasteiger partial charge < -0.3 is 0 Å². The molecule has 2 nitrogen and oxygen atoms in total. The van der Waals surface area contributed by atoms with Gasteiger partial charge in [0, 0.05) is 0 Å². The molecule has 11 heavy (non-hydrogen) atoms. The highest BCUT2D eigenvalue weighted by molar-refractivity contribution is 7.14. The van der Waals surface area contributed by atoms with Crippen LogP contribution in [0.25, 0.3) is 0 Å². The molecule has 0 aromatic carbocycles. The van der Waals surface area contributed by atoms with E-state index in [1.54, 1.807) is 6.07 Å². The quantitative estimate of drug-likeness (QED) is 0.418. The number of rotatable bonds is 2. The molecule has 1 aromatic rings. The van der Waals surface area contributed by atoms with Crippen LogP contribution < -0.4 is 11.3 Å². The van der Waals surface area contributed by atoms with E-state index >= 15 is 0 Å². The van der Waals surface area contributed by atoms with Crippen LogP contribution in [0.3, 0.4) is 0 Å². The second kappa shape index (κ2) is 3.74. The Morgan fingerprint density at radius 2 is 2.55 bits per heavy atom. The van der Waals surface area contributed by atoms with Crippen LogP contribution >= 0.6 is 22.9 Å². The second-order valence-corrected chi connectivity index (χ2v) is 3.49. The Balaban J connectivity index is 2.84. The minimum absolute atomic E-state index is 0.237. The zero-order valence-electron chi connectivity index (χ0n) is 5.67. The number of thiophene rings is 1. The summed E-state index contributed by atoms with van der Waals surface area (Å²) in [5.41, 5.74) is 3.43. The first-order valence-corrected chi connectivity index (χ1v) is 4.20. The van der Waals surface area contributed by atoms with E-state index in [0.717, 1.165) is 9.90 Å². The highest BCUT2D eigenvalue weighted by Gasteiger charge is 2.06. The predicted molar refractivity (Wildman–Crippen MR) is 48.2 cm³/mol. The van der Waals surface area contributed by atoms with Gasteiger partial charge in [-0.15, -0.1) is 17.8 Å². The number of hydrogen-bond donors (Lipinski definition) is 2. The van der Waals surface area contributed by atoms with Crippen molar-refractivity contribution in [2.24, 2.45) is 5.84 Å². The molecule has 1 aromatic heterocycles. The standard InChI is InChI=1S/C7H7ClN2S/c1-2-6(10-9)5-3-7(8)11-4-5/h1,3-4,6,10H,9H2. The van der Waals surface area contributed by atoms with E-state index in [1.165, 1.54) is 11.3 Å². The Bertz CT molecular complexity index is 276. The van der Waals surface area contributed by atoms with Gasteiger partial charge in [-0.25, -0.2) is 5.43 Å². The summed E-state index contributed by atoms with van der Waals surface area (Å²) in [7, 11) is 0. The van der Waals surface area contributed by atoms with E-state index in [9.17, 15) is 0 Å². The Morgan fingerprint density at radius 1 is 1.82 bits per heavy atom. The van der Waals surface area contributed by atoms with Gasteiger partial charge in [0.1, 0.15) is 6.04 Å². The first kappa shape index (κ1) is 8.57. The number of hydrazine groups is 1. The Kier molecular flexibility index (Phi) is 2.92. The number of terminal acetylenes is 1. The van der Waals surface area contributed by atoms with E-state index in [2.05, 4.69) is 11.3 Å². The minimum atomic E-state index is -0.237. The Morgan fingerprint density at radius 3 is 2.91 bits per heavy atom. The van der Waals surface area contributed by atoms with Crippen molar-refractivity contribution in [1.29, 1.82) is 0 Å². The van der Waals surface area contributed by atoms with Crippen molar-refractivity contribution < 1.29 is 0 Å². The summed E-state index contributed by atoms with van der Waals surface area (Å²) >= 11 is 7.14. The fourth-order valence-electron chi connectivity index (χ4n) is 0.715. The SMILES string of the molecule is C#CC(NN)c1csc(Cl)c1. The molecule has 1 heterocycles. The molecule has 0 aliphatic heterocycles. The molecular formula is C7H7ClN2S. The number of halogens is 1. The van der Waals surface area contributed by atoms with Crippen molar-refractivity contribution >= 4 is 22.9 Å². The third-order valence-corrected chi connectivity index (χ3v) is 2.36. The summed E-state index contributed by atoms with van der Waals surface area (Å²) < 4.78 is 0.718. The lowest BCUT2D eigenvalue weighted by atomic mass is 10.2. The molecule has 1 atom stereocenters. The van der Waals surface area contributed by atoms with Crippen molar-refractivity contribution in [3.8, 4) is 12.3 Å². The lowest BCUT2D eigenvalue weighted by Crippen LogP contribution is -2.26. The molecule has 0 radical (unpaired) electrons. The maximum Gasteiger partial charge on any atom is 0.107 e. The van der Waals surface area contributed by atoms with Gasteiger partial charge in [-0.3, -0.25) is 5.84 Å². The average Bonchev–Trinajstić information content (AvgIpc) is 2.39. The van der Waals surface area contributed by atoms with E-state index < -0.39 is 0 Å². The summed E-state index contributed by atoms with van der Waals surface area (Å²) in [4.78, 5) is 0. The molecule has 0 aliphatic rings. The second-order valence-electron chi connectivity index (χ2n) is 1.95. The van der Waals surface area contributed by atoms with Crippen molar-refractivity contribution in [2.75, 3.05) is 0 Å². The fraction of sp³-hybridized carbons (Fsp3) is 0.143. The molecule has 0 fully saturated rings. The minimum Gasteiger partial charge on any atom is -0.270 e. The molecule has 0 aliphatic carbocycles. The van der Waals surface area contributed by atoms with Crippen LogP contribution in [-0.2, 0) is 0 Å². The van der Waals surface area contributed by atoms with Gasteiger partial charge in [-0.05, 0) is 17.0 Å². The summed E-state index contributed by atoms with van der Waals surface area (Å²) in [6.45, 7) is 0. The third kappa shape index (κ3) is 1.95. The van der Waals surface area contributed by atoms with Gasteiger partial charge in [0.25, 0.3) is 0 Å². The van der Waals surface area contributed by atoms with Crippen molar-refractivity contribution in [2.45, 2.75) is 6.04 Å². The number of nitrogens with one attached hydrogen (secondary N) is 1. The van der Waals surface area contributed by atoms with E-state index in [-0.39, 0.29) is 6.04 Å². The molecule has 0 amide bonds. The topological polar surface area (TPSA) is 38.0 Å². The zero-order valence-corrected chi connectivity index (χ0v) is 7.25. The monoisotopic (exact) mass is 186 g/mol. The van der Waals surface area contributed by atoms with Crippen LogP contribution in [0.1, 0.15) is 11.6 Å². The summed E-state index contributed by atoms with van der Waals surface area (Å²) in [6, 6.07) is 1.56. The Labute approximate surface area is 74.3 Å². The molecule has 4 heteroatoms. The normalized spacial score (nSPS) is 12.5. The van der Waals surface area contributed by atoms with Gasteiger partial charge in [-0.2, -0.15) is 0 Å². The first-order chi connectivity index (χ1) is 5.27. The average molecular weight is 187 g/mol.